The molecule has 0 fully saturated rings. The number of amides is 2. The van der Waals surface area contributed by atoms with Crippen LogP contribution in [0.1, 0.15) is 59.3 Å². The fourth-order valence-corrected chi connectivity index (χ4v) is 4.74. The highest BCUT2D eigenvalue weighted by atomic mass is 16.2. The van der Waals surface area contributed by atoms with Crippen LogP contribution in [-0.4, -0.2) is 15.5 Å². The minimum absolute atomic E-state index is 0.0667. The quantitative estimate of drug-likeness (QED) is 0.369. The van der Waals surface area contributed by atoms with Gasteiger partial charge in [0.1, 0.15) is 0 Å². The van der Waals surface area contributed by atoms with Crippen LogP contribution in [0, 0.1) is 6.92 Å². The van der Waals surface area contributed by atoms with Gasteiger partial charge >= 0.3 is 6.03 Å². The van der Waals surface area contributed by atoms with Crippen molar-refractivity contribution in [1.29, 1.82) is 0 Å². The maximum Gasteiger partial charge on any atom is 0.318 e. The predicted octanol–water partition coefficient (Wildman–Crippen LogP) is 6.72. The highest BCUT2D eigenvalue weighted by molar-refractivity contribution is 5.76. The van der Waals surface area contributed by atoms with E-state index >= 15 is 0 Å². The van der Waals surface area contributed by atoms with E-state index in [-0.39, 0.29) is 12.1 Å². The molecular formula is C30H31N3O. The molecule has 0 saturated carbocycles. The Hall–Kier alpha value is -3.79. The minimum atomic E-state index is -0.193. The van der Waals surface area contributed by atoms with Gasteiger partial charge in [0.15, 0.2) is 0 Å². The Morgan fingerprint density at radius 2 is 1.68 bits per heavy atom. The van der Waals surface area contributed by atoms with E-state index < -0.39 is 0 Å². The number of aryl methyl sites for hydroxylation is 1. The van der Waals surface area contributed by atoms with Crippen molar-refractivity contribution in [3.8, 4) is 5.69 Å². The first-order chi connectivity index (χ1) is 16.5. The van der Waals surface area contributed by atoms with Gasteiger partial charge in [-0.25, -0.2) is 4.79 Å². The van der Waals surface area contributed by atoms with Crippen LogP contribution in [0.4, 0.5) is 4.79 Å². The summed E-state index contributed by atoms with van der Waals surface area (Å²) in [5.41, 5.74) is 8.06. The van der Waals surface area contributed by atoms with Gasteiger partial charge in [0.25, 0.3) is 0 Å². The van der Waals surface area contributed by atoms with Gasteiger partial charge in [-0.3, -0.25) is 0 Å². The average molecular weight is 450 g/mol. The number of urea groups is 1. The zero-order valence-corrected chi connectivity index (χ0v) is 20.0. The Labute approximate surface area is 201 Å². The molecule has 0 spiro atoms. The monoisotopic (exact) mass is 449 g/mol. The molecule has 1 unspecified atom stereocenters. The molecular weight excluding hydrogens is 418 g/mol. The number of benzene rings is 3. The minimum Gasteiger partial charge on any atom is -0.334 e. The van der Waals surface area contributed by atoms with Gasteiger partial charge in [0.05, 0.1) is 18.3 Å². The predicted molar refractivity (Wildman–Crippen MR) is 137 cm³/mol. The number of nitrogens with zero attached hydrogens (tertiary/aromatic N) is 2. The third kappa shape index (κ3) is 4.24. The van der Waals surface area contributed by atoms with Gasteiger partial charge in [-0.1, -0.05) is 86.1 Å². The van der Waals surface area contributed by atoms with Crippen molar-refractivity contribution in [3.05, 3.63) is 125 Å². The lowest BCUT2D eigenvalue weighted by Gasteiger charge is -2.31. The molecule has 34 heavy (non-hydrogen) atoms. The maximum absolute atomic E-state index is 13.7. The Bertz CT molecular complexity index is 1290. The second-order valence-corrected chi connectivity index (χ2v) is 9.43. The van der Waals surface area contributed by atoms with Crippen LogP contribution in [-0.2, 0) is 13.1 Å². The Morgan fingerprint density at radius 1 is 0.941 bits per heavy atom. The van der Waals surface area contributed by atoms with Gasteiger partial charge in [-0.2, -0.15) is 0 Å². The van der Waals surface area contributed by atoms with E-state index in [2.05, 4.69) is 116 Å². The van der Waals surface area contributed by atoms with Crippen molar-refractivity contribution in [2.45, 2.75) is 45.8 Å². The number of nitrogens with one attached hydrogen (secondary N) is 1. The molecule has 4 nitrogen and oxygen atoms in total. The number of carbonyl (C=O) groups excluding carboxylic acids is 1. The molecule has 1 aromatic heterocycles. The smallest absolute Gasteiger partial charge is 0.318 e. The summed E-state index contributed by atoms with van der Waals surface area (Å²) in [6.45, 7) is 7.51. The molecule has 5 rings (SSSR count). The van der Waals surface area contributed by atoms with E-state index in [4.69, 9.17) is 0 Å². The molecule has 1 aliphatic heterocycles. The molecule has 1 aliphatic rings. The molecule has 0 aliphatic carbocycles. The third-order valence-corrected chi connectivity index (χ3v) is 6.71. The van der Waals surface area contributed by atoms with Crippen molar-refractivity contribution in [1.82, 2.24) is 14.8 Å². The molecule has 3 aromatic carbocycles. The Balaban J connectivity index is 1.54. The normalized spacial score (nSPS) is 14.9. The number of aromatic nitrogens is 1. The largest absolute Gasteiger partial charge is 0.334 e. The summed E-state index contributed by atoms with van der Waals surface area (Å²) >= 11 is 0. The van der Waals surface area contributed by atoms with Crippen molar-refractivity contribution >= 4 is 6.03 Å². The molecule has 0 bridgehead atoms. The third-order valence-electron chi connectivity index (χ3n) is 6.71. The van der Waals surface area contributed by atoms with Crippen LogP contribution in [0.15, 0.2) is 91.1 Å². The maximum atomic E-state index is 13.7. The number of hydrogen-bond acceptors (Lipinski definition) is 1. The highest BCUT2D eigenvalue weighted by Gasteiger charge is 2.32. The Morgan fingerprint density at radius 3 is 2.41 bits per heavy atom. The first kappa shape index (κ1) is 22.0. The fraction of sp³-hybridized carbons (Fsp3) is 0.233. The standard InChI is InChI=1S/C30H31N3O/c1-21(2)24-14-16-25(17-15-24)29-28-9-6-18-32(28)27-8-5-4-7-26(27)20-33(29)30(34)31-19-23-12-10-22(3)11-13-23/h4-18,21,29H,19-20H2,1-3H3,(H,31,34). The number of para-hydroxylation sites is 1. The van der Waals surface area contributed by atoms with Crippen LogP contribution >= 0.6 is 0 Å². The summed E-state index contributed by atoms with van der Waals surface area (Å²) in [5.74, 6) is 0.463. The summed E-state index contributed by atoms with van der Waals surface area (Å²) in [6, 6.07) is 29.3. The summed E-state index contributed by atoms with van der Waals surface area (Å²) in [4.78, 5) is 15.7. The molecule has 4 heteroatoms. The van der Waals surface area contributed by atoms with Gasteiger partial charge in [0.2, 0.25) is 0 Å². The lowest BCUT2D eigenvalue weighted by Crippen LogP contribution is -2.41. The zero-order valence-electron chi connectivity index (χ0n) is 20.0. The molecule has 2 heterocycles. The lowest BCUT2D eigenvalue weighted by molar-refractivity contribution is 0.180. The number of fused-ring (bicyclic) bond motifs is 3. The van der Waals surface area contributed by atoms with Gasteiger partial charge in [0, 0.05) is 18.4 Å². The topological polar surface area (TPSA) is 37.3 Å². The molecule has 4 aromatic rings. The summed E-state index contributed by atoms with van der Waals surface area (Å²) < 4.78 is 2.23. The molecule has 0 saturated heterocycles. The molecule has 172 valence electrons. The molecule has 1 N–H and O–H groups in total. The summed E-state index contributed by atoms with van der Waals surface area (Å²) in [7, 11) is 0. The zero-order chi connectivity index (χ0) is 23.7. The van der Waals surface area contributed by atoms with Crippen LogP contribution in [0.5, 0.6) is 0 Å². The summed E-state index contributed by atoms with van der Waals surface area (Å²) in [5, 5.41) is 3.18. The van der Waals surface area contributed by atoms with Crippen molar-refractivity contribution in [2.24, 2.45) is 0 Å². The number of carbonyl (C=O) groups is 1. The van der Waals surface area contributed by atoms with Crippen LogP contribution in [0.2, 0.25) is 0 Å². The van der Waals surface area contributed by atoms with Gasteiger partial charge in [-0.15, -0.1) is 0 Å². The van der Waals surface area contributed by atoms with E-state index in [9.17, 15) is 4.79 Å². The highest BCUT2D eigenvalue weighted by Crippen LogP contribution is 2.37. The first-order valence-electron chi connectivity index (χ1n) is 12.0. The number of hydrogen-bond donors (Lipinski definition) is 1. The fourth-order valence-electron chi connectivity index (χ4n) is 4.74. The second-order valence-electron chi connectivity index (χ2n) is 9.43. The summed E-state index contributed by atoms with van der Waals surface area (Å²) in [6.07, 6.45) is 2.09. The van der Waals surface area contributed by atoms with E-state index in [1.165, 1.54) is 11.1 Å². The first-order valence-corrected chi connectivity index (χ1v) is 12.0. The average Bonchev–Trinajstić information content (AvgIpc) is 3.28. The van der Waals surface area contributed by atoms with Crippen molar-refractivity contribution in [2.75, 3.05) is 0 Å². The number of rotatable bonds is 4. The van der Waals surface area contributed by atoms with Gasteiger partial charge < -0.3 is 14.8 Å². The molecule has 1 atom stereocenters. The lowest BCUT2D eigenvalue weighted by atomic mass is 9.97. The Kier molecular flexibility index (Phi) is 5.97. The van der Waals surface area contributed by atoms with E-state index in [1.807, 2.05) is 11.0 Å². The van der Waals surface area contributed by atoms with E-state index in [0.29, 0.717) is 19.0 Å². The van der Waals surface area contributed by atoms with Gasteiger partial charge in [-0.05, 0) is 53.3 Å². The van der Waals surface area contributed by atoms with Crippen LogP contribution < -0.4 is 5.32 Å². The second kappa shape index (κ2) is 9.22. The SMILES string of the molecule is Cc1ccc(CNC(=O)N2Cc3ccccc3-n3cccc3C2c2ccc(C(C)C)cc2)cc1. The van der Waals surface area contributed by atoms with E-state index in [1.54, 1.807) is 0 Å². The van der Waals surface area contributed by atoms with Crippen molar-refractivity contribution in [3.63, 3.8) is 0 Å². The van der Waals surface area contributed by atoms with Crippen molar-refractivity contribution < 1.29 is 4.79 Å². The molecule has 0 radical (unpaired) electrons. The molecule has 2 amide bonds. The van der Waals surface area contributed by atoms with E-state index in [0.717, 1.165) is 28.1 Å². The van der Waals surface area contributed by atoms with Crippen LogP contribution in [0.3, 0.4) is 0 Å². The van der Waals surface area contributed by atoms with Crippen LogP contribution in [0.25, 0.3) is 5.69 Å².